The molecule has 1 aliphatic heterocycles. The molecule has 1 aromatic heterocycles. The minimum Gasteiger partial charge on any atom is -0.378 e. The van der Waals surface area contributed by atoms with Crippen molar-refractivity contribution in [3.05, 3.63) is 23.8 Å². The average Bonchev–Trinajstić information content (AvgIpc) is 2.31. The van der Waals surface area contributed by atoms with Gasteiger partial charge in [-0.15, -0.1) is 0 Å². The Morgan fingerprint density at radius 1 is 1.40 bits per heavy atom. The molecule has 4 nitrogen and oxygen atoms in total. The summed E-state index contributed by atoms with van der Waals surface area (Å²) in [7, 11) is 0. The lowest BCUT2D eigenvalue weighted by Crippen LogP contribution is -2.22. The van der Waals surface area contributed by atoms with Gasteiger partial charge in [0.25, 0.3) is 0 Å². The lowest BCUT2D eigenvalue weighted by molar-refractivity contribution is 0.0156. The van der Waals surface area contributed by atoms with Crippen LogP contribution >= 0.6 is 0 Å². The van der Waals surface area contributed by atoms with E-state index >= 15 is 0 Å². The van der Waals surface area contributed by atoms with Crippen LogP contribution in [0.15, 0.2) is 12.4 Å². The Bertz CT molecular complexity index is 318. The van der Waals surface area contributed by atoms with E-state index in [1.165, 1.54) is 6.42 Å². The first kappa shape index (κ1) is 10.2. The summed E-state index contributed by atoms with van der Waals surface area (Å²) in [6.07, 6.45) is 8.31. The van der Waals surface area contributed by atoms with Crippen molar-refractivity contribution in [3.8, 4) is 0 Å². The van der Waals surface area contributed by atoms with Gasteiger partial charge in [0.1, 0.15) is 5.82 Å². The van der Waals surface area contributed by atoms with Crippen molar-refractivity contribution in [2.24, 2.45) is 0 Å². The quantitative estimate of drug-likeness (QED) is 0.701. The zero-order chi connectivity index (χ0) is 10.5. The highest BCUT2D eigenvalue weighted by Gasteiger charge is 2.15. The second-order valence-corrected chi connectivity index (χ2v) is 3.74. The number of hydrogen-bond donors (Lipinski definition) is 0. The molecule has 1 fully saturated rings. The molecule has 0 amide bonds. The Kier molecular flexibility index (Phi) is 3.40. The molecular weight excluding hydrogens is 192 g/mol. The molecule has 0 radical (unpaired) electrons. The molecule has 0 spiro atoms. The van der Waals surface area contributed by atoms with Crippen LogP contribution in [0.4, 0.5) is 0 Å². The fourth-order valence-corrected chi connectivity index (χ4v) is 1.70. The van der Waals surface area contributed by atoms with Crippen LogP contribution in [0.3, 0.4) is 0 Å². The molecule has 2 rings (SSSR count). The molecule has 2 heterocycles. The number of aromatic nitrogens is 2. The largest absolute Gasteiger partial charge is 0.378 e. The van der Waals surface area contributed by atoms with Crippen molar-refractivity contribution in [1.29, 1.82) is 0 Å². The highest BCUT2D eigenvalue weighted by Crippen LogP contribution is 2.15. The van der Waals surface area contributed by atoms with Gasteiger partial charge in [-0.3, -0.25) is 4.79 Å². The van der Waals surface area contributed by atoms with Gasteiger partial charge in [-0.05, 0) is 19.3 Å². The van der Waals surface area contributed by atoms with Crippen LogP contribution in [0.25, 0.3) is 0 Å². The summed E-state index contributed by atoms with van der Waals surface area (Å²) in [5, 5.41) is 0. The first-order valence-electron chi connectivity index (χ1n) is 5.26. The summed E-state index contributed by atoms with van der Waals surface area (Å²) in [6.45, 7) is 0.844. The number of aldehydes is 1. The third kappa shape index (κ3) is 2.83. The maximum Gasteiger partial charge on any atom is 0.153 e. The molecule has 1 saturated heterocycles. The Labute approximate surface area is 88.7 Å². The normalized spacial score (nSPS) is 21.2. The standard InChI is InChI=1S/C11H14N2O2/c14-8-9-6-12-11(13-7-9)5-10-3-1-2-4-15-10/h6-8,10H,1-5H2. The molecule has 15 heavy (non-hydrogen) atoms. The lowest BCUT2D eigenvalue weighted by atomic mass is 10.1. The van der Waals surface area contributed by atoms with Crippen LogP contribution in [-0.2, 0) is 11.2 Å². The van der Waals surface area contributed by atoms with E-state index in [0.717, 1.165) is 38.0 Å². The molecule has 1 aromatic rings. The molecule has 1 atom stereocenters. The van der Waals surface area contributed by atoms with Crippen molar-refractivity contribution in [2.45, 2.75) is 31.8 Å². The summed E-state index contributed by atoms with van der Waals surface area (Å²) < 4.78 is 5.59. The summed E-state index contributed by atoms with van der Waals surface area (Å²) in [5.74, 6) is 0.757. The van der Waals surface area contributed by atoms with Gasteiger partial charge < -0.3 is 4.74 Å². The zero-order valence-corrected chi connectivity index (χ0v) is 8.56. The van der Waals surface area contributed by atoms with E-state index in [1.54, 1.807) is 12.4 Å². The SMILES string of the molecule is O=Cc1cnc(CC2CCCCO2)nc1. The van der Waals surface area contributed by atoms with Gasteiger partial charge in [0.05, 0.1) is 11.7 Å². The minimum atomic E-state index is 0.251. The number of ether oxygens (including phenoxy) is 1. The monoisotopic (exact) mass is 206 g/mol. The fraction of sp³-hybridized carbons (Fsp3) is 0.545. The third-order valence-corrected chi connectivity index (χ3v) is 2.55. The molecule has 0 N–H and O–H groups in total. The van der Waals surface area contributed by atoms with Crippen LogP contribution in [-0.4, -0.2) is 29.0 Å². The maximum absolute atomic E-state index is 10.4. The summed E-state index contributed by atoms with van der Waals surface area (Å²) in [4.78, 5) is 18.6. The van der Waals surface area contributed by atoms with E-state index in [0.29, 0.717) is 5.56 Å². The molecule has 0 bridgehead atoms. The van der Waals surface area contributed by atoms with Gasteiger partial charge >= 0.3 is 0 Å². The first-order chi connectivity index (χ1) is 7.38. The second-order valence-electron chi connectivity index (χ2n) is 3.74. The topological polar surface area (TPSA) is 52.1 Å². The predicted molar refractivity (Wildman–Crippen MR) is 54.7 cm³/mol. The fourth-order valence-electron chi connectivity index (χ4n) is 1.70. The Morgan fingerprint density at radius 2 is 2.20 bits per heavy atom. The summed E-state index contributed by atoms with van der Waals surface area (Å²) in [6, 6.07) is 0. The van der Waals surface area contributed by atoms with E-state index in [1.807, 2.05) is 0 Å². The van der Waals surface area contributed by atoms with Gasteiger partial charge in [0.15, 0.2) is 6.29 Å². The lowest BCUT2D eigenvalue weighted by Gasteiger charge is -2.21. The van der Waals surface area contributed by atoms with E-state index in [2.05, 4.69) is 9.97 Å². The molecule has 1 unspecified atom stereocenters. The van der Waals surface area contributed by atoms with Gasteiger partial charge in [-0.25, -0.2) is 9.97 Å². The smallest absolute Gasteiger partial charge is 0.153 e. The van der Waals surface area contributed by atoms with Crippen LogP contribution < -0.4 is 0 Å². The third-order valence-electron chi connectivity index (χ3n) is 2.55. The number of rotatable bonds is 3. The second kappa shape index (κ2) is 4.98. The highest BCUT2D eigenvalue weighted by molar-refractivity contribution is 5.73. The number of hydrogen-bond acceptors (Lipinski definition) is 4. The molecule has 0 aliphatic carbocycles. The Hall–Kier alpha value is -1.29. The molecule has 4 heteroatoms. The molecular formula is C11H14N2O2. The van der Waals surface area contributed by atoms with E-state index in [4.69, 9.17) is 4.74 Å². The van der Waals surface area contributed by atoms with E-state index in [9.17, 15) is 4.79 Å². The van der Waals surface area contributed by atoms with Gasteiger partial charge in [0, 0.05) is 25.4 Å². The van der Waals surface area contributed by atoms with Crippen molar-refractivity contribution >= 4 is 6.29 Å². The number of nitrogens with zero attached hydrogens (tertiary/aromatic N) is 2. The van der Waals surface area contributed by atoms with Crippen LogP contribution in [0.5, 0.6) is 0 Å². The summed E-state index contributed by atoms with van der Waals surface area (Å²) in [5.41, 5.74) is 0.517. The van der Waals surface area contributed by atoms with Crippen molar-refractivity contribution in [1.82, 2.24) is 9.97 Å². The van der Waals surface area contributed by atoms with Crippen LogP contribution in [0.1, 0.15) is 35.4 Å². The van der Waals surface area contributed by atoms with Gasteiger partial charge in [-0.1, -0.05) is 0 Å². The van der Waals surface area contributed by atoms with Crippen molar-refractivity contribution in [3.63, 3.8) is 0 Å². The van der Waals surface area contributed by atoms with Crippen LogP contribution in [0.2, 0.25) is 0 Å². The Balaban J connectivity index is 1.94. The van der Waals surface area contributed by atoms with E-state index < -0.39 is 0 Å². The number of carbonyl (C=O) groups excluding carboxylic acids is 1. The minimum absolute atomic E-state index is 0.251. The predicted octanol–water partition coefficient (Wildman–Crippen LogP) is 1.40. The van der Waals surface area contributed by atoms with Crippen LogP contribution in [0, 0.1) is 0 Å². The van der Waals surface area contributed by atoms with E-state index in [-0.39, 0.29) is 6.10 Å². The van der Waals surface area contributed by atoms with Gasteiger partial charge in [-0.2, -0.15) is 0 Å². The zero-order valence-electron chi connectivity index (χ0n) is 8.56. The maximum atomic E-state index is 10.4. The van der Waals surface area contributed by atoms with Gasteiger partial charge in [0.2, 0.25) is 0 Å². The highest BCUT2D eigenvalue weighted by atomic mass is 16.5. The van der Waals surface area contributed by atoms with Crippen molar-refractivity contribution < 1.29 is 9.53 Å². The first-order valence-corrected chi connectivity index (χ1v) is 5.26. The average molecular weight is 206 g/mol. The molecule has 0 aromatic carbocycles. The molecule has 0 saturated carbocycles. The Morgan fingerprint density at radius 3 is 2.80 bits per heavy atom. The van der Waals surface area contributed by atoms with Crippen molar-refractivity contribution in [2.75, 3.05) is 6.61 Å². The molecule has 1 aliphatic rings. The summed E-state index contributed by atoms with van der Waals surface area (Å²) >= 11 is 0. The number of carbonyl (C=O) groups is 1. The molecule has 80 valence electrons.